The molecule has 0 spiro atoms. The number of rotatable bonds is 7. The zero-order chi connectivity index (χ0) is 21.0. The van der Waals surface area contributed by atoms with Crippen molar-refractivity contribution in [3.05, 3.63) is 44.5 Å². The molecule has 1 aromatic heterocycles. The summed E-state index contributed by atoms with van der Waals surface area (Å²) >= 11 is 0. The van der Waals surface area contributed by atoms with E-state index in [0.717, 1.165) is 49.8 Å². The molecule has 29 heavy (non-hydrogen) atoms. The van der Waals surface area contributed by atoms with E-state index < -0.39 is 11.5 Å². The number of hydrogen-bond donors (Lipinski definition) is 1. The Bertz CT molecular complexity index is 935. The van der Waals surface area contributed by atoms with Gasteiger partial charge in [-0.25, -0.2) is 0 Å². The Labute approximate surface area is 170 Å². The molecule has 7 nitrogen and oxygen atoms in total. The highest BCUT2D eigenvalue weighted by Crippen LogP contribution is 2.33. The molecule has 1 fully saturated rings. The van der Waals surface area contributed by atoms with Crippen LogP contribution in [0.3, 0.4) is 0 Å². The Balaban J connectivity index is 1.56. The van der Waals surface area contributed by atoms with Gasteiger partial charge in [-0.15, -0.1) is 0 Å². The quantitative estimate of drug-likeness (QED) is 0.713. The van der Waals surface area contributed by atoms with Gasteiger partial charge in [-0.3, -0.25) is 14.4 Å². The van der Waals surface area contributed by atoms with Gasteiger partial charge in [-0.1, -0.05) is 6.08 Å². The summed E-state index contributed by atoms with van der Waals surface area (Å²) in [5.41, 5.74) is 2.70. The normalized spacial score (nSPS) is 16.0. The zero-order valence-corrected chi connectivity index (χ0v) is 17.0. The average Bonchev–Trinajstić information content (AvgIpc) is 3.52. The lowest BCUT2D eigenvalue weighted by Gasteiger charge is -2.27. The molecule has 1 saturated carbocycles. The van der Waals surface area contributed by atoms with E-state index in [1.165, 1.54) is 0 Å². The maximum absolute atomic E-state index is 12.7. The van der Waals surface area contributed by atoms with Crippen LogP contribution in [0.2, 0.25) is 0 Å². The largest absolute Gasteiger partial charge is 0.456 e. The van der Waals surface area contributed by atoms with E-state index in [4.69, 9.17) is 10.00 Å². The van der Waals surface area contributed by atoms with Crippen molar-refractivity contribution in [2.24, 2.45) is 0 Å². The summed E-state index contributed by atoms with van der Waals surface area (Å²) in [5, 5.41) is 9.14. The second kappa shape index (κ2) is 9.08. The molecule has 1 heterocycles. The van der Waals surface area contributed by atoms with Crippen molar-refractivity contribution >= 4 is 11.9 Å². The molecule has 3 rings (SSSR count). The number of pyridine rings is 1. The molecule has 2 aliphatic rings. The Hall–Kier alpha value is -2.88. The number of hydrogen-bond acceptors (Lipinski definition) is 5. The number of aromatic amines is 1. The van der Waals surface area contributed by atoms with Gasteiger partial charge >= 0.3 is 5.97 Å². The van der Waals surface area contributed by atoms with E-state index in [1.807, 2.05) is 11.0 Å². The summed E-state index contributed by atoms with van der Waals surface area (Å²) in [5.74, 6) is -0.618. The van der Waals surface area contributed by atoms with E-state index >= 15 is 0 Å². The molecular weight excluding hydrogens is 370 g/mol. The number of aromatic nitrogens is 1. The van der Waals surface area contributed by atoms with Gasteiger partial charge in [0.05, 0.1) is 0 Å². The van der Waals surface area contributed by atoms with Crippen molar-refractivity contribution in [1.29, 1.82) is 5.26 Å². The third kappa shape index (κ3) is 4.94. The van der Waals surface area contributed by atoms with Crippen molar-refractivity contribution in [2.75, 3.05) is 6.61 Å². The van der Waals surface area contributed by atoms with Crippen LogP contribution in [0, 0.1) is 25.2 Å². The minimum Gasteiger partial charge on any atom is -0.456 e. The summed E-state index contributed by atoms with van der Waals surface area (Å²) in [6.45, 7) is 3.20. The number of esters is 1. The first-order chi connectivity index (χ1) is 13.9. The van der Waals surface area contributed by atoms with Crippen LogP contribution in [0.5, 0.6) is 0 Å². The number of H-pyrrole nitrogens is 1. The van der Waals surface area contributed by atoms with Gasteiger partial charge in [0, 0.05) is 23.9 Å². The molecule has 1 N–H and O–H groups in total. The number of amides is 1. The molecule has 1 amide bonds. The first kappa shape index (κ1) is 20.8. The molecule has 0 unspecified atom stereocenters. The number of ether oxygens (including phenoxy) is 1. The van der Waals surface area contributed by atoms with Crippen LogP contribution < -0.4 is 5.56 Å². The Morgan fingerprint density at radius 3 is 2.69 bits per heavy atom. The number of carbonyl (C=O) groups is 2. The van der Waals surface area contributed by atoms with Crippen molar-refractivity contribution in [2.45, 2.75) is 71.3 Å². The Morgan fingerprint density at radius 1 is 1.31 bits per heavy atom. The van der Waals surface area contributed by atoms with E-state index in [9.17, 15) is 14.4 Å². The van der Waals surface area contributed by atoms with Gasteiger partial charge < -0.3 is 14.6 Å². The Kier molecular flexibility index (Phi) is 6.53. The second-order valence-electron chi connectivity index (χ2n) is 7.77. The van der Waals surface area contributed by atoms with Crippen molar-refractivity contribution in [3.8, 4) is 6.07 Å². The van der Waals surface area contributed by atoms with Crippen LogP contribution in [0.4, 0.5) is 0 Å². The SMILES string of the molecule is Cc1[nH]c(=O)c(C#N)c(C)c1CCC(=O)OCC(=O)N(C1=CCCCC1)C1CC1. The molecule has 0 saturated heterocycles. The molecule has 0 atom stereocenters. The smallest absolute Gasteiger partial charge is 0.306 e. The molecule has 7 heteroatoms. The highest BCUT2D eigenvalue weighted by Gasteiger charge is 2.35. The Morgan fingerprint density at radius 2 is 2.07 bits per heavy atom. The highest BCUT2D eigenvalue weighted by molar-refractivity contribution is 5.82. The van der Waals surface area contributed by atoms with E-state index in [-0.39, 0.29) is 30.5 Å². The minimum absolute atomic E-state index is 0.0648. The van der Waals surface area contributed by atoms with E-state index in [0.29, 0.717) is 17.7 Å². The predicted octanol–water partition coefficient (Wildman–Crippen LogP) is 2.79. The van der Waals surface area contributed by atoms with Gasteiger partial charge in [0.15, 0.2) is 6.61 Å². The molecule has 0 aromatic carbocycles. The molecule has 0 aliphatic heterocycles. The zero-order valence-electron chi connectivity index (χ0n) is 17.0. The molecule has 0 radical (unpaired) electrons. The fraction of sp³-hybridized carbons (Fsp3) is 0.545. The van der Waals surface area contributed by atoms with Crippen molar-refractivity contribution in [1.82, 2.24) is 9.88 Å². The fourth-order valence-electron chi connectivity index (χ4n) is 3.90. The van der Waals surface area contributed by atoms with E-state index in [2.05, 4.69) is 11.1 Å². The minimum atomic E-state index is -0.463. The topological polar surface area (TPSA) is 103 Å². The number of nitrogens with zero attached hydrogens (tertiary/aromatic N) is 2. The number of nitrogens with one attached hydrogen (secondary N) is 1. The average molecular weight is 397 g/mol. The number of nitriles is 1. The molecule has 1 aromatic rings. The second-order valence-corrected chi connectivity index (χ2v) is 7.77. The summed E-state index contributed by atoms with van der Waals surface area (Å²) in [6, 6.07) is 2.15. The number of carbonyl (C=O) groups excluding carboxylic acids is 2. The van der Waals surface area contributed by atoms with Crippen LogP contribution in [0.15, 0.2) is 16.6 Å². The summed E-state index contributed by atoms with van der Waals surface area (Å²) < 4.78 is 5.24. The predicted molar refractivity (Wildman–Crippen MR) is 107 cm³/mol. The molecular formula is C22H27N3O4. The van der Waals surface area contributed by atoms with Crippen LogP contribution >= 0.6 is 0 Å². The summed E-state index contributed by atoms with van der Waals surface area (Å²) in [6.07, 6.45) is 8.71. The first-order valence-corrected chi connectivity index (χ1v) is 10.2. The van der Waals surface area contributed by atoms with Gasteiger partial charge in [0.25, 0.3) is 11.5 Å². The summed E-state index contributed by atoms with van der Waals surface area (Å²) in [4.78, 5) is 41.1. The number of aryl methyl sites for hydroxylation is 1. The van der Waals surface area contributed by atoms with Crippen molar-refractivity contribution in [3.63, 3.8) is 0 Å². The van der Waals surface area contributed by atoms with Gasteiger partial charge in [0.1, 0.15) is 11.6 Å². The maximum Gasteiger partial charge on any atom is 0.306 e. The lowest BCUT2D eigenvalue weighted by molar-refractivity contribution is -0.151. The van der Waals surface area contributed by atoms with E-state index in [1.54, 1.807) is 13.8 Å². The van der Waals surface area contributed by atoms with Crippen LogP contribution in [0.25, 0.3) is 0 Å². The van der Waals surface area contributed by atoms with Crippen LogP contribution in [0.1, 0.15) is 67.3 Å². The summed E-state index contributed by atoms with van der Waals surface area (Å²) in [7, 11) is 0. The first-order valence-electron chi connectivity index (χ1n) is 10.2. The third-order valence-electron chi connectivity index (χ3n) is 5.61. The highest BCUT2D eigenvalue weighted by atomic mass is 16.5. The fourth-order valence-corrected chi connectivity index (χ4v) is 3.90. The van der Waals surface area contributed by atoms with Gasteiger partial charge in [-0.05, 0) is 69.9 Å². The number of allylic oxidation sites excluding steroid dienone is 2. The lowest BCUT2D eigenvalue weighted by atomic mass is 9.99. The monoisotopic (exact) mass is 397 g/mol. The lowest BCUT2D eigenvalue weighted by Crippen LogP contribution is -2.36. The third-order valence-corrected chi connectivity index (χ3v) is 5.61. The maximum atomic E-state index is 12.7. The standard InChI is InChI=1S/C22H27N3O4/c1-14-18(15(2)24-22(28)19(14)12-23)10-11-21(27)29-13-20(26)25(17-8-9-17)16-6-4-3-5-7-16/h6,17H,3-5,7-11,13H2,1-2H3,(H,24,28). The van der Waals surface area contributed by atoms with Crippen LogP contribution in [-0.2, 0) is 20.7 Å². The molecule has 0 bridgehead atoms. The van der Waals surface area contributed by atoms with Crippen LogP contribution in [-0.4, -0.2) is 34.4 Å². The molecule has 154 valence electrons. The van der Waals surface area contributed by atoms with Gasteiger partial charge in [0.2, 0.25) is 0 Å². The van der Waals surface area contributed by atoms with Gasteiger partial charge in [-0.2, -0.15) is 5.26 Å². The molecule has 2 aliphatic carbocycles. The van der Waals surface area contributed by atoms with Crippen molar-refractivity contribution < 1.29 is 14.3 Å².